The lowest BCUT2D eigenvalue weighted by atomic mass is 10.1. The number of benzene rings is 1. The SMILES string of the molecule is CC(=O)c1cccc(NC(=O)c2cnc(C)[nH]2)c1. The number of Topliss-reactive ketones (excluding diaryl/α,β-unsaturated/α-hetero) is 1. The van der Waals surface area contributed by atoms with Crippen molar-refractivity contribution in [2.45, 2.75) is 13.8 Å². The van der Waals surface area contributed by atoms with Crippen LogP contribution in [0.25, 0.3) is 0 Å². The third kappa shape index (κ3) is 2.63. The largest absolute Gasteiger partial charge is 0.338 e. The minimum absolute atomic E-state index is 0.0384. The van der Waals surface area contributed by atoms with Gasteiger partial charge >= 0.3 is 0 Å². The van der Waals surface area contributed by atoms with Crippen molar-refractivity contribution in [3.8, 4) is 0 Å². The summed E-state index contributed by atoms with van der Waals surface area (Å²) in [5.41, 5.74) is 1.54. The van der Waals surface area contributed by atoms with Gasteiger partial charge in [0.1, 0.15) is 11.5 Å². The summed E-state index contributed by atoms with van der Waals surface area (Å²) in [7, 11) is 0. The molecule has 0 fully saturated rings. The zero-order valence-electron chi connectivity index (χ0n) is 10.2. The highest BCUT2D eigenvalue weighted by molar-refractivity contribution is 6.03. The van der Waals surface area contributed by atoms with E-state index in [-0.39, 0.29) is 11.7 Å². The highest BCUT2D eigenvalue weighted by atomic mass is 16.2. The Kier molecular flexibility index (Phi) is 3.23. The van der Waals surface area contributed by atoms with Crippen LogP contribution in [0.3, 0.4) is 0 Å². The van der Waals surface area contributed by atoms with Gasteiger partial charge in [-0.2, -0.15) is 0 Å². The molecule has 0 radical (unpaired) electrons. The van der Waals surface area contributed by atoms with Gasteiger partial charge in [-0.05, 0) is 26.0 Å². The summed E-state index contributed by atoms with van der Waals surface area (Å²) in [6.45, 7) is 3.26. The molecule has 1 amide bonds. The van der Waals surface area contributed by atoms with Gasteiger partial charge in [0.15, 0.2) is 5.78 Å². The molecule has 2 rings (SSSR count). The van der Waals surface area contributed by atoms with Crippen molar-refractivity contribution in [2.75, 3.05) is 5.32 Å². The summed E-state index contributed by atoms with van der Waals surface area (Å²) in [4.78, 5) is 29.9. The molecule has 1 aromatic heterocycles. The van der Waals surface area contributed by atoms with E-state index in [4.69, 9.17) is 0 Å². The van der Waals surface area contributed by atoms with E-state index < -0.39 is 0 Å². The van der Waals surface area contributed by atoms with Gasteiger partial charge in [-0.3, -0.25) is 9.59 Å². The number of hydrogen-bond acceptors (Lipinski definition) is 3. The monoisotopic (exact) mass is 243 g/mol. The summed E-state index contributed by atoms with van der Waals surface area (Å²) in [6.07, 6.45) is 1.47. The van der Waals surface area contributed by atoms with Crippen molar-refractivity contribution in [3.05, 3.63) is 47.5 Å². The molecule has 1 aromatic carbocycles. The molecule has 0 saturated carbocycles. The molecule has 0 aliphatic heterocycles. The number of rotatable bonds is 3. The highest BCUT2D eigenvalue weighted by Gasteiger charge is 2.09. The third-order valence-corrected chi connectivity index (χ3v) is 2.47. The molecular weight excluding hydrogens is 230 g/mol. The molecule has 0 saturated heterocycles. The van der Waals surface area contributed by atoms with E-state index in [2.05, 4.69) is 15.3 Å². The van der Waals surface area contributed by atoms with Gasteiger partial charge in [-0.25, -0.2) is 4.98 Å². The average molecular weight is 243 g/mol. The van der Waals surface area contributed by atoms with Crippen molar-refractivity contribution >= 4 is 17.4 Å². The zero-order valence-corrected chi connectivity index (χ0v) is 10.2. The number of nitrogens with one attached hydrogen (secondary N) is 2. The molecule has 0 unspecified atom stereocenters. The number of aryl methyl sites for hydroxylation is 1. The predicted octanol–water partition coefficient (Wildman–Crippen LogP) is 2.17. The van der Waals surface area contributed by atoms with Gasteiger partial charge in [0.05, 0.1) is 6.20 Å². The maximum absolute atomic E-state index is 11.8. The number of hydrogen-bond donors (Lipinski definition) is 2. The van der Waals surface area contributed by atoms with Crippen LogP contribution in [0.1, 0.15) is 33.6 Å². The number of aromatic nitrogens is 2. The molecule has 5 heteroatoms. The van der Waals surface area contributed by atoms with Crippen LogP contribution in [0.4, 0.5) is 5.69 Å². The summed E-state index contributed by atoms with van der Waals surface area (Å²) in [6, 6.07) is 6.81. The predicted molar refractivity (Wildman–Crippen MR) is 67.7 cm³/mol. The van der Waals surface area contributed by atoms with Crippen molar-refractivity contribution in [2.24, 2.45) is 0 Å². The maximum Gasteiger partial charge on any atom is 0.273 e. The lowest BCUT2D eigenvalue weighted by molar-refractivity contribution is 0.100. The fourth-order valence-electron chi connectivity index (χ4n) is 1.55. The molecule has 18 heavy (non-hydrogen) atoms. The Morgan fingerprint density at radius 1 is 1.33 bits per heavy atom. The number of H-pyrrole nitrogens is 1. The third-order valence-electron chi connectivity index (χ3n) is 2.47. The summed E-state index contributed by atoms with van der Waals surface area (Å²) in [5, 5.41) is 2.70. The number of ketones is 1. The van der Waals surface area contributed by atoms with Crippen LogP contribution in [0.2, 0.25) is 0 Å². The second-order valence-corrected chi connectivity index (χ2v) is 3.97. The first-order valence-corrected chi connectivity index (χ1v) is 5.50. The molecule has 2 N–H and O–H groups in total. The Balaban J connectivity index is 2.16. The van der Waals surface area contributed by atoms with E-state index in [1.165, 1.54) is 13.1 Å². The highest BCUT2D eigenvalue weighted by Crippen LogP contribution is 2.12. The quantitative estimate of drug-likeness (QED) is 0.811. The summed E-state index contributed by atoms with van der Waals surface area (Å²) >= 11 is 0. The van der Waals surface area contributed by atoms with E-state index in [0.717, 1.165) is 0 Å². The number of carbonyl (C=O) groups is 2. The van der Waals surface area contributed by atoms with Crippen molar-refractivity contribution in [3.63, 3.8) is 0 Å². The van der Waals surface area contributed by atoms with Crippen LogP contribution in [-0.2, 0) is 0 Å². The van der Waals surface area contributed by atoms with Crippen molar-refractivity contribution < 1.29 is 9.59 Å². The molecule has 5 nitrogen and oxygen atoms in total. The number of nitrogens with zero attached hydrogens (tertiary/aromatic N) is 1. The molecule has 0 aliphatic rings. The van der Waals surface area contributed by atoms with E-state index >= 15 is 0 Å². The van der Waals surface area contributed by atoms with E-state index in [1.54, 1.807) is 31.2 Å². The fourth-order valence-corrected chi connectivity index (χ4v) is 1.55. The molecule has 0 atom stereocenters. The molecule has 1 heterocycles. The van der Waals surface area contributed by atoms with Crippen LogP contribution in [0.5, 0.6) is 0 Å². The first-order valence-electron chi connectivity index (χ1n) is 5.50. The minimum Gasteiger partial charge on any atom is -0.338 e. The Morgan fingerprint density at radius 3 is 2.72 bits per heavy atom. The Morgan fingerprint density at radius 2 is 2.11 bits per heavy atom. The Hall–Kier alpha value is -2.43. The van der Waals surface area contributed by atoms with Crippen LogP contribution in [-0.4, -0.2) is 21.7 Å². The van der Waals surface area contributed by atoms with Crippen LogP contribution in [0, 0.1) is 6.92 Å². The summed E-state index contributed by atoms with van der Waals surface area (Å²) < 4.78 is 0. The second kappa shape index (κ2) is 4.83. The number of carbonyl (C=O) groups excluding carboxylic acids is 2. The Bertz CT molecular complexity index is 602. The zero-order chi connectivity index (χ0) is 13.1. The molecular formula is C13H13N3O2. The number of amides is 1. The standard InChI is InChI=1S/C13H13N3O2/c1-8(17)10-4-3-5-11(6-10)16-13(18)12-7-14-9(2)15-12/h3-7H,1-2H3,(H,14,15)(H,16,18). The van der Waals surface area contributed by atoms with Gasteiger partial charge < -0.3 is 10.3 Å². The first-order chi connectivity index (χ1) is 8.56. The first kappa shape index (κ1) is 12.0. The number of aromatic amines is 1. The Labute approximate surface area is 104 Å². The van der Waals surface area contributed by atoms with Gasteiger partial charge in [0, 0.05) is 11.3 Å². The summed E-state index contributed by atoms with van der Waals surface area (Å²) in [5.74, 6) is 0.359. The number of anilines is 1. The van der Waals surface area contributed by atoms with Gasteiger partial charge in [-0.15, -0.1) is 0 Å². The van der Waals surface area contributed by atoms with Crippen LogP contribution >= 0.6 is 0 Å². The van der Waals surface area contributed by atoms with Crippen molar-refractivity contribution in [1.82, 2.24) is 9.97 Å². The van der Waals surface area contributed by atoms with Gasteiger partial charge in [-0.1, -0.05) is 12.1 Å². The molecule has 0 spiro atoms. The maximum atomic E-state index is 11.8. The topological polar surface area (TPSA) is 74.8 Å². The number of imidazole rings is 1. The average Bonchev–Trinajstić information content (AvgIpc) is 2.76. The van der Waals surface area contributed by atoms with E-state index in [0.29, 0.717) is 22.8 Å². The molecule has 2 aromatic rings. The fraction of sp³-hybridized carbons (Fsp3) is 0.154. The lowest BCUT2D eigenvalue weighted by Gasteiger charge is -2.04. The molecule has 0 aliphatic carbocycles. The minimum atomic E-state index is -0.281. The van der Waals surface area contributed by atoms with Gasteiger partial charge in [0.2, 0.25) is 0 Å². The van der Waals surface area contributed by atoms with Crippen LogP contribution in [0.15, 0.2) is 30.5 Å². The van der Waals surface area contributed by atoms with Gasteiger partial charge in [0.25, 0.3) is 5.91 Å². The lowest BCUT2D eigenvalue weighted by Crippen LogP contribution is -2.12. The van der Waals surface area contributed by atoms with E-state index in [9.17, 15) is 9.59 Å². The van der Waals surface area contributed by atoms with Crippen LogP contribution < -0.4 is 5.32 Å². The normalized spacial score (nSPS) is 10.1. The smallest absolute Gasteiger partial charge is 0.273 e. The van der Waals surface area contributed by atoms with E-state index in [1.807, 2.05) is 0 Å². The molecule has 92 valence electrons. The second-order valence-electron chi connectivity index (χ2n) is 3.97. The van der Waals surface area contributed by atoms with Crippen molar-refractivity contribution in [1.29, 1.82) is 0 Å². The molecule has 0 bridgehead atoms.